The molecule has 0 fully saturated rings. The summed E-state index contributed by atoms with van der Waals surface area (Å²) in [4.78, 5) is 0. The van der Waals surface area contributed by atoms with Crippen LogP contribution in [0.2, 0.25) is 0 Å². The van der Waals surface area contributed by atoms with Gasteiger partial charge in [0.2, 0.25) is 11.8 Å². The molecule has 146 valence electrons. The molecule has 0 radical (unpaired) electrons. The summed E-state index contributed by atoms with van der Waals surface area (Å²) >= 11 is 0. The fourth-order valence-corrected chi connectivity index (χ4v) is 3.20. The number of rotatable bonds is 7. The summed E-state index contributed by atoms with van der Waals surface area (Å²) in [7, 11) is 0. The molecule has 4 aromatic rings. The van der Waals surface area contributed by atoms with Crippen molar-refractivity contribution in [2.75, 3.05) is 6.54 Å². The largest absolute Gasteiger partial charge is 0.419 e. The van der Waals surface area contributed by atoms with Gasteiger partial charge in [0, 0.05) is 17.7 Å². The lowest BCUT2D eigenvalue weighted by Gasteiger charge is -2.16. The van der Waals surface area contributed by atoms with Crippen molar-refractivity contribution in [2.45, 2.75) is 19.4 Å². The minimum absolute atomic E-state index is 0.306. The smallest absolute Gasteiger partial charge is 0.247 e. The predicted molar refractivity (Wildman–Crippen MR) is 111 cm³/mol. The second-order valence-corrected chi connectivity index (χ2v) is 6.96. The number of halogens is 1. The second-order valence-electron chi connectivity index (χ2n) is 6.96. The number of aryl methyl sites for hydroxylation is 1. The third kappa shape index (κ3) is 4.58. The molecule has 1 aromatic heterocycles. The van der Waals surface area contributed by atoms with Crippen LogP contribution in [0, 0.1) is 12.7 Å². The average Bonchev–Trinajstić information content (AvgIpc) is 3.24. The maximum Gasteiger partial charge on any atom is 0.247 e. The maximum atomic E-state index is 14.5. The van der Waals surface area contributed by atoms with Gasteiger partial charge in [-0.3, -0.25) is 0 Å². The molecule has 4 rings (SSSR count). The summed E-state index contributed by atoms with van der Waals surface area (Å²) < 4.78 is 20.4. The first kappa shape index (κ1) is 19.0. The molecule has 0 amide bonds. The molecule has 4 nitrogen and oxygen atoms in total. The van der Waals surface area contributed by atoms with Gasteiger partial charge in [-0.05, 0) is 37.1 Å². The number of nitrogens with one attached hydrogen (secondary N) is 1. The topological polar surface area (TPSA) is 51.0 Å². The molecule has 5 heteroatoms. The van der Waals surface area contributed by atoms with Gasteiger partial charge in [0.05, 0.1) is 0 Å². The quantitative estimate of drug-likeness (QED) is 0.479. The van der Waals surface area contributed by atoms with Crippen molar-refractivity contribution in [3.8, 4) is 11.5 Å². The van der Waals surface area contributed by atoms with Crippen molar-refractivity contribution in [1.29, 1.82) is 0 Å². The van der Waals surface area contributed by atoms with Gasteiger partial charge in [-0.1, -0.05) is 66.2 Å². The van der Waals surface area contributed by atoms with E-state index in [2.05, 4.69) is 46.7 Å². The van der Waals surface area contributed by atoms with E-state index in [1.165, 1.54) is 17.2 Å². The molecule has 1 atom stereocenters. The average molecular weight is 387 g/mol. The standard InChI is InChI=1S/C24H22FN3O/c1-17-11-13-18(14-12-17)15-16-26-22(20-9-5-6-10-21(20)25)24-28-27-23(29-24)19-7-3-2-4-8-19/h2-14,22,26H,15-16H2,1H3/t22-/m1/s1. The fourth-order valence-electron chi connectivity index (χ4n) is 3.20. The summed E-state index contributed by atoms with van der Waals surface area (Å²) in [6.45, 7) is 2.71. The normalized spacial score (nSPS) is 12.1. The van der Waals surface area contributed by atoms with Crippen molar-refractivity contribution in [2.24, 2.45) is 0 Å². The Morgan fingerprint density at radius 2 is 1.62 bits per heavy atom. The van der Waals surface area contributed by atoms with Gasteiger partial charge < -0.3 is 9.73 Å². The molecule has 1 N–H and O–H groups in total. The van der Waals surface area contributed by atoms with Crippen molar-refractivity contribution in [1.82, 2.24) is 15.5 Å². The van der Waals surface area contributed by atoms with Crippen LogP contribution in [0.4, 0.5) is 4.39 Å². The molecular formula is C24H22FN3O. The van der Waals surface area contributed by atoms with E-state index in [0.29, 0.717) is 23.9 Å². The Kier molecular flexibility index (Phi) is 5.77. The third-order valence-electron chi connectivity index (χ3n) is 4.81. The van der Waals surface area contributed by atoms with E-state index in [0.717, 1.165) is 12.0 Å². The van der Waals surface area contributed by atoms with Gasteiger partial charge >= 0.3 is 0 Å². The van der Waals surface area contributed by atoms with Gasteiger partial charge in [0.1, 0.15) is 11.9 Å². The molecule has 3 aromatic carbocycles. The van der Waals surface area contributed by atoms with E-state index in [-0.39, 0.29) is 5.82 Å². The van der Waals surface area contributed by atoms with Crippen LogP contribution in [0.1, 0.15) is 28.6 Å². The van der Waals surface area contributed by atoms with Gasteiger partial charge in [0.25, 0.3) is 0 Å². The highest BCUT2D eigenvalue weighted by Crippen LogP contribution is 2.26. The van der Waals surface area contributed by atoms with E-state index in [9.17, 15) is 4.39 Å². The maximum absolute atomic E-state index is 14.5. The Bertz CT molecular complexity index is 1060. The van der Waals surface area contributed by atoms with E-state index in [4.69, 9.17) is 4.42 Å². The lowest BCUT2D eigenvalue weighted by atomic mass is 10.1. The van der Waals surface area contributed by atoms with E-state index >= 15 is 0 Å². The van der Waals surface area contributed by atoms with Crippen molar-refractivity contribution in [3.05, 3.63) is 107 Å². The van der Waals surface area contributed by atoms with Gasteiger partial charge in [0.15, 0.2) is 0 Å². The zero-order chi connectivity index (χ0) is 20.1. The van der Waals surface area contributed by atoms with Crippen LogP contribution in [0.25, 0.3) is 11.5 Å². The molecule has 29 heavy (non-hydrogen) atoms. The first-order valence-electron chi connectivity index (χ1n) is 9.63. The third-order valence-corrected chi connectivity index (χ3v) is 4.81. The Labute approximate surface area is 169 Å². The van der Waals surface area contributed by atoms with Crippen LogP contribution in [0.5, 0.6) is 0 Å². The summed E-state index contributed by atoms with van der Waals surface area (Å²) in [6, 6.07) is 24.1. The summed E-state index contributed by atoms with van der Waals surface area (Å²) in [5.74, 6) is 0.458. The first-order chi connectivity index (χ1) is 14.2. The molecular weight excluding hydrogens is 365 g/mol. The highest BCUT2D eigenvalue weighted by atomic mass is 19.1. The van der Waals surface area contributed by atoms with Crippen molar-refractivity contribution >= 4 is 0 Å². The van der Waals surface area contributed by atoms with Gasteiger partial charge in [-0.25, -0.2) is 4.39 Å². The Hall–Kier alpha value is -3.31. The number of aromatic nitrogens is 2. The zero-order valence-corrected chi connectivity index (χ0v) is 16.2. The monoisotopic (exact) mass is 387 g/mol. The molecule has 0 aliphatic heterocycles. The Morgan fingerprint density at radius 1 is 0.897 bits per heavy atom. The molecule has 0 bridgehead atoms. The lowest BCUT2D eigenvalue weighted by Crippen LogP contribution is -2.26. The van der Waals surface area contributed by atoms with Gasteiger partial charge in [-0.15, -0.1) is 10.2 Å². The number of benzene rings is 3. The number of hydrogen-bond acceptors (Lipinski definition) is 4. The molecule has 0 saturated heterocycles. The first-order valence-corrected chi connectivity index (χ1v) is 9.63. The molecule has 0 aliphatic rings. The zero-order valence-electron chi connectivity index (χ0n) is 16.2. The molecule has 1 heterocycles. The SMILES string of the molecule is Cc1ccc(CCN[C@@H](c2nnc(-c3ccccc3)o2)c2ccccc2F)cc1. The van der Waals surface area contributed by atoms with Crippen LogP contribution < -0.4 is 5.32 Å². The van der Waals surface area contributed by atoms with Gasteiger partial charge in [-0.2, -0.15) is 0 Å². The predicted octanol–water partition coefficient (Wildman–Crippen LogP) is 5.11. The number of hydrogen-bond donors (Lipinski definition) is 1. The van der Waals surface area contributed by atoms with E-state index in [1.807, 2.05) is 36.4 Å². The summed E-state index contributed by atoms with van der Waals surface area (Å²) in [6.07, 6.45) is 0.810. The molecule has 0 unspecified atom stereocenters. The van der Waals surface area contributed by atoms with Crippen LogP contribution >= 0.6 is 0 Å². The van der Waals surface area contributed by atoms with E-state index in [1.54, 1.807) is 12.1 Å². The lowest BCUT2D eigenvalue weighted by molar-refractivity contribution is 0.430. The van der Waals surface area contributed by atoms with E-state index < -0.39 is 6.04 Å². The van der Waals surface area contributed by atoms with Crippen LogP contribution in [-0.4, -0.2) is 16.7 Å². The minimum atomic E-state index is -0.522. The fraction of sp³-hybridized carbons (Fsp3) is 0.167. The summed E-state index contributed by atoms with van der Waals surface area (Å²) in [5, 5.41) is 11.7. The highest BCUT2D eigenvalue weighted by Gasteiger charge is 2.23. The van der Waals surface area contributed by atoms with Crippen molar-refractivity contribution < 1.29 is 8.81 Å². The highest BCUT2D eigenvalue weighted by molar-refractivity contribution is 5.51. The second kappa shape index (κ2) is 8.80. The van der Waals surface area contributed by atoms with Crippen LogP contribution in [0.3, 0.4) is 0 Å². The molecule has 0 saturated carbocycles. The summed E-state index contributed by atoms with van der Waals surface area (Å²) in [5.41, 5.74) is 3.76. The van der Waals surface area contributed by atoms with Crippen LogP contribution in [0.15, 0.2) is 83.3 Å². The van der Waals surface area contributed by atoms with Crippen molar-refractivity contribution in [3.63, 3.8) is 0 Å². The minimum Gasteiger partial charge on any atom is -0.419 e. The Morgan fingerprint density at radius 3 is 2.38 bits per heavy atom. The number of nitrogens with zero attached hydrogens (tertiary/aromatic N) is 2. The Balaban J connectivity index is 1.57. The molecule has 0 aliphatic carbocycles. The molecule has 0 spiro atoms. The van der Waals surface area contributed by atoms with Crippen LogP contribution in [-0.2, 0) is 6.42 Å².